The first-order chi connectivity index (χ1) is 12.6. The predicted molar refractivity (Wildman–Crippen MR) is 99.6 cm³/mol. The van der Waals surface area contributed by atoms with Gasteiger partial charge in [-0.2, -0.15) is 0 Å². The molecule has 3 rings (SSSR count). The minimum Gasteiger partial charge on any atom is -0.466 e. The molecule has 0 saturated carbocycles. The number of piperidine rings is 1. The number of nitrogens with zero attached hydrogens (tertiary/aromatic N) is 1. The van der Waals surface area contributed by atoms with Crippen molar-refractivity contribution in [2.45, 2.75) is 32.6 Å². The molecule has 138 valence electrons. The van der Waals surface area contributed by atoms with Gasteiger partial charge < -0.3 is 14.6 Å². The zero-order valence-electron chi connectivity index (χ0n) is 15.2. The Bertz CT molecular complexity index is 739. The summed E-state index contributed by atoms with van der Waals surface area (Å²) in [6.07, 6.45) is 2.58. The zero-order valence-corrected chi connectivity index (χ0v) is 15.2. The van der Waals surface area contributed by atoms with Crippen LogP contribution < -0.4 is 5.32 Å². The van der Waals surface area contributed by atoms with Crippen LogP contribution in [0, 0.1) is 12.8 Å². The van der Waals surface area contributed by atoms with Gasteiger partial charge in [0.1, 0.15) is 11.5 Å². The average molecular weight is 354 g/mol. The summed E-state index contributed by atoms with van der Waals surface area (Å²) in [6, 6.07) is 14.0. The third kappa shape index (κ3) is 4.97. The smallest absolute Gasteiger partial charge is 0.224 e. The van der Waals surface area contributed by atoms with E-state index in [0.29, 0.717) is 38.9 Å². The van der Waals surface area contributed by atoms with Gasteiger partial charge in [0.15, 0.2) is 0 Å². The monoisotopic (exact) mass is 354 g/mol. The highest BCUT2D eigenvalue weighted by Crippen LogP contribution is 2.18. The number of benzene rings is 1. The van der Waals surface area contributed by atoms with Crippen molar-refractivity contribution in [1.82, 2.24) is 10.2 Å². The number of carbonyl (C=O) groups is 2. The van der Waals surface area contributed by atoms with E-state index in [1.165, 1.54) is 5.56 Å². The summed E-state index contributed by atoms with van der Waals surface area (Å²) >= 11 is 0. The lowest BCUT2D eigenvalue weighted by atomic mass is 9.96. The highest BCUT2D eigenvalue weighted by atomic mass is 16.3. The van der Waals surface area contributed by atoms with Crippen molar-refractivity contribution < 1.29 is 14.0 Å². The van der Waals surface area contributed by atoms with E-state index in [2.05, 4.69) is 17.4 Å². The van der Waals surface area contributed by atoms with E-state index in [-0.39, 0.29) is 17.7 Å². The number of hydrogen-bond acceptors (Lipinski definition) is 3. The molecule has 2 amide bonds. The Labute approximate surface area is 154 Å². The van der Waals surface area contributed by atoms with Crippen LogP contribution in [0.5, 0.6) is 0 Å². The molecule has 5 nitrogen and oxygen atoms in total. The fourth-order valence-electron chi connectivity index (χ4n) is 3.33. The quantitative estimate of drug-likeness (QED) is 0.832. The van der Waals surface area contributed by atoms with Crippen LogP contribution in [0.15, 0.2) is 46.9 Å². The minimum absolute atomic E-state index is 0.0329. The Hall–Kier alpha value is -2.56. The van der Waals surface area contributed by atoms with Gasteiger partial charge >= 0.3 is 0 Å². The summed E-state index contributed by atoms with van der Waals surface area (Å²) in [4.78, 5) is 26.4. The average Bonchev–Trinajstić information content (AvgIpc) is 3.07. The first-order valence-corrected chi connectivity index (χ1v) is 9.26. The molecular formula is C21H26N2O3. The third-order valence-electron chi connectivity index (χ3n) is 4.85. The molecule has 1 aromatic carbocycles. The molecule has 2 heterocycles. The number of aryl methyl sites for hydroxylation is 1. The first kappa shape index (κ1) is 18.2. The van der Waals surface area contributed by atoms with Gasteiger partial charge in [-0.3, -0.25) is 9.59 Å². The summed E-state index contributed by atoms with van der Waals surface area (Å²) < 4.78 is 5.51. The molecule has 1 aromatic heterocycles. The van der Waals surface area contributed by atoms with Gasteiger partial charge in [-0.25, -0.2) is 0 Å². The lowest BCUT2D eigenvalue weighted by molar-refractivity contribution is -0.138. The molecule has 1 fully saturated rings. The summed E-state index contributed by atoms with van der Waals surface area (Å²) in [5.41, 5.74) is 1.21. The largest absolute Gasteiger partial charge is 0.466 e. The standard InChI is InChI=1S/C21H26N2O3/c1-16-7-9-19(26-16)11-13-22-21(25)18-8-10-20(24)23(15-18)14-12-17-5-3-2-4-6-17/h2-7,9,18H,8,10-15H2,1H3,(H,22,25). The summed E-state index contributed by atoms with van der Waals surface area (Å²) in [5, 5.41) is 2.98. The lowest BCUT2D eigenvalue weighted by Crippen LogP contribution is -2.46. The van der Waals surface area contributed by atoms with E-state index in [4.69, 9.17) is 4.42 Å². The van der Waals surface area contributed by atoms with E-state index < -0.39 is 0 Å². The molecule has 0 aliphatic carbocycles. The Morgan fingerprint density at radius 3 is 2.73 bits per heavy atom. The van der Waals surface area contributed by atoms with Gasteiger partial charge in [0.2, 0.25) is 11.8 Å². The van der Waals surface area contributed by atoms with Crippen molar-refractivity contribution in [2.75, 3.05) is 19.6 Å². The maximum absolute atomic E-state index is 12.4. The normalized spacial score (nSPS) is 17.3. The van der Waals surface area contributed by atoms with Gasteiger partial charge in [0.05, 0.1) is 5.92 Å². The first-order valence-electron chi connectivity index (χ1n) is 9.26. The number of rotatable bonds is 7. The zero-order chi connectivity index (χ0) is 18.4. The number of likely N-dealkylation sites (tertiary alicyclic amines) is 1. The van der Waals surface area contributed by atoms with Crippen LogP contribution in [-0.2, 0) is 22.4 Å². The van der Waals surface area contributed by atoms with Crippen molar-refractivity contribution in [3.05, 3.63) is 59.5 Å². The number of amides is 2. The van der Waals surface area contributed by atoms with Gasteiger partial charge in [0.25, 0.3) is 0 Å². The lowest BCUT2D eigenvalue weighted by Gasteiger charge is -2.32. The number of hydrogen-bond donors (Lipinski definition) is 1. The molecule has 0 spiro atoms. The molecule has 5 heteroatoms. The van der Waals surface area contributed by atoms with E-state index in [1.807, 2.05) is 42.2 Å². The molecular weight excluding hydrogens is 328 g/mol. The molecule has 26 heavy (non-hydrogen) atoms. The number of carbonyl (C=O) groups excluding carboxylic acids is 2. The predicted octanol–water partition coefficient (Wildman–Crippen LogP) is 2.73. The number of nitrogens with one attached hydrogen (secondary N) is 1. The molecule has 1 atom stereocenters. The van der Waals surface area contributed by atoms with Crippen LogP contribution >= 0.6 is 0 Å². The van der Waals surface area contributed by atoms with E-state index in [1.54, 1.807) is 0 Å². The van der Waals surface area contributed by atoms with Crippen molar-refractivity contribution in [3.8, 4) is 0 Å². The van der Waals surface area contributed by atoms with Crippen LogP contribution in [0.25, 0.3) is 0 Å². The van der Waals surface area contributed by atoms with Crippen molar-refractivity contribution in [1.29, 1.82) is 0 Å². The van der Waals surface area contributed by atoms with Gasteiger partial charge in [-0.15, -0.1) is 0 Å². The fourth-order valence-corrected chi connectivity index (χ4v) is 3.33. The maximum Gasteiger partial charge on any atom is 0.224 e. The molecule has 1 saturated heterocycles. The second-order valence-electron chi connectivity index (χ2n) is 6.86. The van der Waals surface area contributed by atoms with Crippen molar-refractivity contribution in [3.63, 3.8) is 0 Å². The summed E-state index contributed by atoms with van der Waals surface area (Å²) in [6.45, 7) is 3.64. The molecule has 1 N–H and O–H groups in total. The highest BCUT2D eigenvalue weighted by Gasteiger charge is 2.29. The van der Waals surface area contributed by atoms with E-state index >= 15 is 0 Å². The molecule has 1 aliphatic rings. The molecule has 1 unspecified atom stereocenters. The SMILES string of the molecule is Cc1ccc(CCNC(=O)C2CCC(=O)N(CCc3ccccc3)C2)o1. The second-order valence-corrected chi connectivity index (χ2v) is 6.86. The minimum atomic E-state index is -0.123. The Balaban J connectivity index is 1.45. The molecule has 0 bridgehead atoms. The van der Waals surface area contributed by atoms with Crippen LogP contribution in [-0.4, -0.2) is 36.3 Å². The van der Waals surface area contributed by atoms with Crippen molar-refractivity contribution in [2.24, 2.45) is 5.92 Å². The Morgan fingerprint density at radius 2 is 2.00 bits per heavy atom. The third-order valence-corrected chi connectivity index (χ3v) is 4.85. The fraction of sp³-hybridized carbons (Fsp3) is 0.429. The van der Waals surface area contributed by atoms with Crippen molar-refractivity contribution >= 4 is 11.8 Å². The summed E-state index contributed by atoms with van der Waals surface area (Å²) in [7, 11) is 0. The maximum atomic E-state index is 12.4. The molecule has 2 aromatic rings. The van der Waals surface area contributed by atoms with Crippen LogP contribution in [0.4, 0.5) is 0 Å². The highest BCUT2D eigenvalue weighted by molar-refractivity contribution is 5.83. The second kappa shape index (κ2) is 8.70. The van der Waals surface area contributed by atoms with Gasteiger partial charge in [0, 0.05) is 32.5 Å². The molecule has 0 radical (unpaired) electrons. The Kier molecular flexibility index (Phi) is 6.10. The van der Waals surface area contributed by atoms with Crippen LogP contribution in [0.1, 0.15) is 29.9 Å². The topological polar surface area (TPSA) is 62.6 Å². The van der Waals surface area contributed by atoms with Gasteiger partial charge in [-0.05, 0) is 37.5 Å². The summed E-state index contributed by atoms with van der Waals surface area (Å²) in [5.74, 6) is 1.82. The number of furan rings is 1. The van der Waals surface area contributed by atoms with E-state index in [0.717, 1.165) is 17.9 Å². The Morgan fingerprint density at radius 1 is 1.19 bits per heavy atom. The van der Waals surface area contributed by atoms with E-state index in [9.17, 15) is 9.59 Å². The molecule has 1 aliphatic heterocycles. The van der Waals surface area contributed by atoms with Crippen LogP contribution in [0.2, 0.25) is 0 Å². The van der Waals surface area contributed by atoms with Gasteiger partial charge in [-0.1, -0.05) is 30.3 Å². The van der Waals surface area contributed by atoms with Crippen LogP contribution in [0.3, 0.4) is 0 Å².